The van der Waals surface area contributed by atoms with E-state index >= 15 is 0 Å². The summed E-state index contributed by atoms with van der Waals surface area (Å²) >= 11 is 0. The molecular weight excluding hydrogens is 452 g/mol. The Labute approximate surface area is 189 Å². The third-order valence-corrected chi connectivity index (χ3v) is 5.67. The number of carboxylic acid groups (broad SMARTS) is 1. The molecule has 0 unspecified atom stereocenters. The quantitative estimate of drug-likeness (QED) is 0.130. The van der Waals surface area contributed by atoms with Crippen molar-refractivity contribution in [2.24, 2.45) is 11.5 Å². The van der Waals surface area contributed by atoms with Crippen molar-refractivity contribution >= 4 is 5.97 Å². The molecule has 33 heavy (non-hydrogen) atoms. The van der Waals surface area contributed by atoms with Crippen LogP contribution in [0.3, 0.4) is 0 Å². The highest BCUT2D eigenvalue weighted by molar-refractivity contribution is 5.72. The SMILES string of the molecule is NC[C@H](CC[C@H](N)C(=O)O)O[C@@H]1O[C@H](CO)[C@H](O)[C@H](O)[C@H]1O[C@H]1O[C@H](CO)[C@@H](O)[C@H](O)[C@H]1O. The van der Waals surface area contributed by atoms with Crippen LogP contribution in [0.5, 0.6) is 0 Å². The fourth-order valence-corrected chi connectivity index (χ4v) is 3.57. The predicted molar refractivity (Wildman–Crippen MR) is 105 cm³/mol. The van der Waals surface area contributed by atoms with Crippen molar-refractivity contribution in [2.75, 3.05) is 19.8 Å². The normalized spacial score (nSPS) is 41.5. The first kappa shape index (κ1) is 28.2. The van der Waals surface area contributed by atoms with Gasteiger partial charge in [-0.25, -0.2) is 0 Å². The molecule has 2 saturated heterocycles. The Morgan fingerprint density at radius 3 is 1.91 bits per heavy atom. The fourth-order valence-electron chi connectivity index (χ4n) is 3.57. The molecule has 0 amide bonds. The minimum Gasteiger partial charge on any atom is -0.480 e. The van der Waals surface area contributed by atoms with Gasteiger partial charge in [-0.15, -0.1) is 0 Å². The van der Waals surface area contributed by atoms with E-state index in [1.807, 2.05) is 0 Å². The van der Waals surface area contributed by atoms with Gasteiger partial charge >= 0.3 is 5.97 Å². The van der Waals surface area contributed by atoms with Gasteiger partial charge in [0.2, 0.25) is 0 Å². The standard InChI is InChI=1S/C18H34N2O13/c19-3-6(1-2-7(20)16(28)29)30-18-15(13(26)11(24)9(5-22)32-18)33-17-14(27)12(25)10(23)8(4-21)31-17/h6-15,17-18,21-27H,1-5,19-20H2,(H,28,29)/t6-,7-,8+,9+,10+,11-,12-,13-,14+,15+,17+,18+/m0/s1. The first-order chi connectivity index (χ1) is 15.5. The number of carboxylic acids is 1. The molecule has 0 radical (unpaired) electrons. The number of aliphatic carboxylic acids is 1. The molecule has 2 rings (SSSR count). The Bertz CT molecular complexity index is 614. The Morgan fingerprint density at radius 1 is 0.848 bits per heavy atom. The minimum atomic E-state index is -1.80. The molecule has 2 heterocycles. The van der Waals surface area contributed by atoms with E-state index in [4.69, 9.17) is 35.5 Å². The van der Waals surface area contributed by atoms with Crippen molar-refractivity contribution in [3.8, 4) is 0 Å². The number of hydrogen-bond donors (Lipinski definition) is 10. The maximum atomic E-state index is 10.9. The lowest BCUT2D eigenvalue weighted by molar-refractivity contribution is -0.371. The summed E-state index contributed by atoms with van der Waals surface area (Å²) in [5, 5.41) is 78.6. The number of ether oxygens (including phenoxy) is 4. The zero-order valence-electron chi connectivity index (χ0n) is 17.7. The highest BCUT2D eigenvalue weighted by Crippen LogP contribution is 2.30. The highest BCUT2D eigenvalue weighted by atomic mass is 16.8. The molecule has 0 spiro atoms. The predicted octanol–water partition coefficient (Wildman–Crippen LogP) is -5.85. The molecule has 2 aliphatic rings. The lowest BCUT2D eigenvalue weighted by atomic mass is 9.97. The Hall–Kier alpha value is -1.05. The fraction of sp³-hybridized carbons (Fsp3) is 0.944. The van der Waals surface area contributed by atoms with Gasteiger partial charge in [0.1, 0.15) is 54.9 Å². The van der Waals surface area contributed by atoms with E-state index in [-0.39, 0.29) is 19.4 Å². The van der Waals surface area contributed by atoms with Crippen molar-refractivity contribution in [1.29, 1.82) is 0 Å². The summed E-state index contributed by atoms with van der Waals surface area (Å²) in [5.74, 6) is -1.22. The molecular formula is C18H34N2O13. The summed E-state index contributed by atoms with van der Waals surface area (Å²) in [6, 6.07) is -1.17. The third kappa shape index (κ3) is 6.76. The van der Waals surface area contributed by atoms with Crippen molar-refractivity contribution in [3.05, 3.63) is 0 Å². The van der Waals surface area contributed by atoms with Crippen molar-refractivity contribution in [2.45, 2.75) is 86.4 Å². The van der Waals surface area contributed by atoms with Crippen LogP contribution in [-0.2, 0) is 23.7 Å². The summed E-state index contributed by atoms with van der Waals surface area (Å²) < 4.78 is 22.0. The van der Waals surface area contributed by atoms with E-state index in [2.05, 4.69) is 0 Å². The van der Waals surface area contributed by atoms with Crippen LogP contribution in [-0.4, -0.2) is 140 Å². The second-order valence-corrected chi connectivity index (χ2v) is 8.02. The number of aliphatic hydroxyl groups excluding tert-OH is 7. The first-order valence-corrected chi connectivity index (χ1v) is 10.5. The van der Waals surface area contributed by atoms with E-state index in [1.54, 1.807) is 0 Å². The van der Waals surface area contributed by atoms with Crippen LogP contribution in [0, 0.1) is 0 Å². The van der Waals surface area contributed by atoms with Crippen LogP contribution >= 0.6 is 0 Å². The van der Waals surface area contributed by atoms with Crippen molar-refractivity contribution in [1.82, 2.24) is 0 Å². The van der Waals surface area contributed by atoms with Gasteiger partial charge in [0, 0.05) is 6.54 Å². The molecule has 15 heteroatoms. The minimum absolute atomic E-state index is 0.00321. The molecule has 2 aliphatic heterocycles. The number of hydrogen-bond acceptors (Lipinski definition) is 14. The average Bonchev–Trinajstić information content (AvgIpc) is 2.80. The summed E-state index contributed by atoms with van der Waals surface area (Å²) in [6.07, 6.45) is -16.6. The molecule has 12 atom stereocenters. The molecule has 0 aliphatic carbocycles. The Morgan fingerprint density at radius 2 is 1.39 bits per heavy atom. The number of rotatable bonds is 11. The van der Waals surface area contributed by atoms with Gasteiger partial charge in [-0.3, -0.25) is 4.79 Å². The largest absolute Gasteiger partial charge is 0.480 e. The molecule has 0 aromatic rings. The Kier molecular flexibility index (Phi) is 10.8. The van der Waals surface area contributed by atoms with Gasteiger partial charge in [-0.2, -0.15) is 0 Å². The summed E-state index contributed by atoms with van der Waals surface area (Å²) in [6.45, 7) is -1.52. The summed E-state index contributed by atoms with van der Waals surface area (Å²) in [7, 11) is 0. The number of carbonyl (C=O) groups is 1. The van der Waals surface area contributed by atoms with Gasteiger partial charge in [-0.05, 0) is 12.8 Å². The zero-order chi connectivity index (χ0) is 24.9. The van der Waals surface area contributed by atoms with Crippen LogP contribution in [0.25, 0.3) is 0 Å². The second-order valence-electron chi connectivity index (χ2n) is 8.02. The Balaban J connectivity index is 2.18. The van der Waals surface area contributed by atoms with Crippen LogP contribution in [0.4, 0.5) is 0 Å². The zero-order valence-corrected chi connectivity index (χ0v) is 17.7. The van der Waals surface area contributed by atoms with E-state index < -0.39 is 92.7 Å². The second kappa shape index (κ2) is 12.6. The topological polar surface area (TPSA) is 268 Å². The van der Waals surface area contributed by atoms with Gasteiger partial charge in [0.25, 0.3) is 0 Å². The van der Waals surface area contributed by atoms with Crippen LogP contribution < -0.4 is 11.5 Å². The van der Waals surface area contributed by atoms with Crippen molar-refractivity contribution < 1.29 is 64.6 Å². The lowest BCUT2D eigenvalue weighted by Gasteiger charge is -2.46. The monoisotopic (exact) mass is 486 g/mol. The van der Waals surface area contributed by atoms with E-state index in [0.29, 0.717) is 0 Å². The highest BCUT2D eigenvalue weighted by Gasteiger charge is 2.51. The molecule has 0 aromatic heterocycles. The van der Waals surface area contributed by atoms with E-state index in [1.165, 1.54) is 0 Å². The van der Waals surface area contributed by atoms with Gasteiger partial charge < -0.3 is 71.3 Å². The molecule has 12 N–H and O–H groups in total. The number of nitrogens with two attached hydrogens (primary N) is 2. The first-order valence-electron chi connectivity index (χ1n) is 10.5. The average molecular weight is 486 g/mol. The van der Waals surface area contributed by atoms with Crippen LogP contribution in [0.15, 0.2) is 0 Å². The molecule has 2 fully saturated rings. The van der Waals surface area contributed by atoms with Crippen LogP contribution in [0.1, 0.15) is 12.8 Å². The number of aliphatic hydroxyl groups is 7. The third-order valence-electron chi connectivity index (χ3n) is 5.67. The van der Waals surface area contributed by atoms with Gasteiger partial charge in [0.05, 0.1) is 19.3 Å². The summed E-state index contributed by atoms with van der Waals surface area (Å²) in [4.78, 5) is 10.9. The van der Waals surface area contributed by atoms with E-state index in [0.717, 1.165) is 0 Å². The molecule has 194 valence electrons. The van der Waals surface area contributed by atoms with Crippen LogP contribution in [0.2, 0.25) is 0 Å². The smallest absolute Gasteiger partial charge is 0.320 e. The van der Waals surface area contributed by atoms with Crippen molar-refractivity contribution in [3.63, 3.8) is 0 Å². The van der Waals surface area contributed by atoms with Gasteiger partial charge in [-0.1, -0.05) is 0 Å². The summed E-state index contributed by atoms with van der Waals surface area (Å²) in [5.41, 5.74) is 11.2. The molecule has 0 bridgehead atoms. The molecule has 0 saturated carbocycles. The molecule has 0 aromatic carbocycles. The maximum Gasteiger partial charge on any atom is 0.320 e. The lowest BCUT2D eigenvalue weighted by Crippen LogP contribution is -2.65. The van der Waals surface area contributed by atoms with Gasteiger partial charge in [0.15, 0.2) is 12.6 Å². The maximum absolute atomic E-state index is 10.9. The van der Waals surface area contributed by atoms with E-state index in [9.17, 15) is 40.5 Å². The molecule has 15 nitrogen and oxygen atoms in total.